The number of amides is 1. The Hall–Kier alpha value is -2.75. The minimum atomic E-state index is -3.71. The van der Waals surface area contributed by atoms with Crippen LogP contribution in [-0.2, 0) is 27.8 Å². The third-order valence-electron chi connectivity index (χ3n) is 4.66. The van der Waals surface area contributed by atoms with Crippen LogP contribution in [0.25, 0.3) is 0 Å². The molecule has 1 aliphatic heterocycles. The highest BCUT2D eigenvalue weighted by molar-refractivity contribution is 7.93. The van der Waals surface area contributed by atoms with E-state index in [1.165, 1.54) is 17.4 Å². The average Bonchev–Trinajstić information content (AvgIpc) is 3.37. The Labute approximate surface area is 173 Å². The van der Waals surface area contributed by atoms with Crippen LogP contribution in [0, 0.1) is 0 Å². The van der Waals surface area contributed by atoms with Gasteiger partial charge in [-0.1, -0.05) is 30.3 Å². The van der Waals surface area contributed by atoms with Crippen LogP contribution >= 0.6 is 11.3 Å². The van der Waals surface area contributed by atoms with E-state index in [1.54, 1.807) is 28.6 Å². The third-order valence-corrected chi connectivity index (χ3v) is 6.81. The predicted octanol–water partition coefficient (Wildman–Crippen LogP) is 2.62. The number of thiazole rings is 1. The van der Waals surface area contributed by atoms with Gasteiger partial charge in [0.1, 0.15) is 0 Å². The highest BCUT2D eigenvalue weighted by atomic mass is 32.2. The van der Waals surface area contributed by atoms with E-state index >= 15 is 0 Å². The van der Waals surface area contributed by atoms with Gasteiger partial charge in [0.05, 0.1) is 11.4 Å². The van der Waals surface area contributed by atoms with Gasteiger partial charge < -0.3 is 10.2 Å². The molecule has 2 aromatic carbocycles. The normalized spacial score (nSPS) is 13.3. The van der Waals surface area contributed by atoms with Gasteiger partial charge in [0.25, 0.3) is 10.0 Å². The van der Waals surface area contributed by atoms with Crippen molar-refractivity contribution in [1.82, 2.24) is 10.3 Å². The molecule has 7 nitrogen and oxygen atoms in total. The first-order chi connectivity index (χ1) is 14.0. The summed E-state index contributed by atoms with van der Waals surface area (Å²) in [4.78, 5) is 18.4. The summed E-state index contributed by atoms with van der Waals surface area (Å²) < 4.78 is 27.6. The Morgan fingerprint density at radius 1 is 1.17 bits per heavy atom. The highest BCUT2D eigenvalue weighted by Crippen LogP contribution is 2.31. The number of hydrogen-bond acceptors (Lipinski definition) is 6. The quantitative estimate of drug-likeness (QED) is 0.604. The number of nitrogens with zero attached hydrogens (tertiary/aromatic N) is 2. The standard InChI is InChI=1S/C20H20N4O3S2/c25-19(14-21-13-15-4-2-1-3-5-15)24-10-8-16-12-17(6-7-18(16)24)29(26,27)23-20-22-9-11-28-20/h1-7,9,11-12,21H,8,10,13-14H2,(H,22,23). The molecule has 1 amide bonds. The van der Waals surface area contributed by atoms with E-state index in [0.29, 0.717) is 24.6 Å². The first kappa shape index (κ1) is 19.6. The maximum Gasteiger partial charge on any atom is 0.263 e. The molecular formula is C20H20N4O3S2. The zero-order chi connectivity index (χ0) is 20.3. The minimum Gasteiger partial charge on any atom is -0.311 e. The number of hydrogen-bond donors (Lipinski definition) is 2. The molecule has 0 unspecified atom stereocenters. The molecule has 2 N–H and O–H groups in total. The molecule has 0 fully saturated rings. The van der Waals surface area contributed by atoms with Crippen molar-refractivity contribution in [2.24, 2.45) is 0 Å². The fourth-order valence-electron chi connectivity index (χ4n) is 3.26. The minimum absolute atomic E-state index is 0.0313. The summed E-state index contributed by atoms with van der Waals surface area (Å²) in [6, 6.07) is 14.8. The van der Waals surface area contributed by atoms with E-state index in [4.69, 9.17) is 0 Å². The second kappa shape index (κ2) is 8.32. The fourth-order valence-corrected chi connectivity index (χ4v) is 5.10. The molecule has 0 radical (unpaired) electrons. The van der Waals surface area contributed by atoms with Gasteiger partial charge in [0.15, 0.2) is 5.13 Å². The zero-order valence-corrected chi connectivity index (χ0v) is 17.2. The molecule has 0 spiro atoms. The lowest BCUT2D eigenvalue weighted by atomic mass is 10.2. The smallest absolute Gasteiger partial charge is 0.263 e. The van der Waals surface area contributed by atoms with Crippen molar-refractivity contribution in [3.63, 3.8) is 0 Å². The lowest BCUT2D eigenvalue weighted by Crippen LogP contribution is -2.36. The maximum absolute atomic E-state index is 12.6. The Morgan fingerprint density at radius 3 is 2.76 bits per heavy atom. The van der Waals surface area contributed by atoms with Gasteiger partial charge in [0.2, 0.25) is 5.91 Å². The van der Waals surface area contributed by atoms with E-state index in [2.05, 4.69) is 15.0 Å². The number of aromatic nitrogens is 1. The molecule has 0 aliphatic carbocycles. The molecule has 2 heterocycles. The van der Waals surface area contributed by atoms with E-state index in [0.717, 1.165) is 16.8 Å². The summed E-state index contributed by atoms with van der Waals surface area (Å²) >= 11 is 1.22. The van der Waals surface area contributed by atoms with Crippen molar-refractivity contribution in [3.8, 4) is 0 Å². The van der Waals surface area contributed by atoms with E-state index in [-0.39, 0.29) is 17.3 Å². The van der Waals surface area contributed by atoms with Crippen molar-refractivity contribution in [1.29, 1.82) is 0 Å². The number of nitrogens with one attached hydrogen (secondary N) is 2. The highest BCUT2D eigenvalue weighted by Gasteiger charge is 2.26. The number of carbonyl (C=O) groups is 1. The third kappa shape index (κ3) is 4.47. The molecule has 1 aromatic heterocycles. The molecule has 0 atom stereocenters. The number of anilines is 2. The van der Waals surface area contributed by atoms with Gasteiger partial charge in [-0.05, 0) is 35.7 Å². The van der Waals surface area contributed by atoms with Crippen LogP contribution in [0.3, 0.4) is 0 Å². The van der Waals surface area contributed by atoms with Gasteiger partial charge >= 0.3 is 0 Å². The number of fused-ring (bicyclic) bond motifs is 1. The van der Waals surface area contributed by atoms with Crippen molar-refractivity contribution in [3.05, 3.63) is 71.2 Å². The Kier molecular flexibility index (Phi) is 5.61. The first-order valence-corrected chi connectivity index (χ1v) is 11.5. The summed E-state index contributed by atoms with van der Waals surface area (Å²) in [7, 11) is -3.71. The van der Waals surface area contributed by atoms with Crippen LogP contribution in [0.5, 0.6) is 0 Å². The van der Waals surface area contributed by atoms with Crippen molar-refractivity contribution in [2.45, 2.75) is 17.9 Å². The summed E-state index contributed by atoms with van der Waals surface area (Å²) in [6.45, 7) is 1.39. The molecule has 0 saturated heterocycles. The van der Waals surface area contributed by atoms with Crippen LogP contribution in [-0.4, -0.2) is 32.4 Å². The van der Waals surface area contributed by atoms with Gasteiger partial charge in [-0.2, -0.15) is 0 Å². The number of carbonyl (C=O) groups excluding carboxylic acids is 1. The molecule has 1 aliphatic rings. The number of benzene rings is 2. The molecular weight excluding hydrogens is 408 g/mol. The lowest BCUT2D eigenvalue weighted by Gasteiger charge is -2.18. The van der Waals surface area contributed by atoms with Crippen molar-refractivity contribution < 1.29 is 13.2 Å². The van der Waals surface area contributed by atoms with E-state index < -0.39 is 10.0 Å². The Bertz CT molecular complexity index is 1100. The van der Waals surface area contributed by atoms with Crippen LogP contribution in [0.2, 0.25) is 0 Å². The molecule has 0 bridgehead atoms. The predicted molar refractivity (Wildman–Crippen MR) is 114 cm³/mol. The van der Waals surface area contributed by atoms with Crippen LogP contribution in [0.15, 0.2) is 65.0 Å². The molecule has 0 saturated carbocycles. The van der Waals surface area contributed by atoms with Gasteiger partial charge in [-0.3, -0.25) is 9.52 Å². The largest absolute Gasteiger partial charge is 0.311 e. The molecule has 4 rings (SSSR count). The molecule has 29 heavy (non-hydrogen) atoms. The lowest BCUT2D eigenvalue weighted by molar-refractivity contribution is -0.117. The zero-order valence-electron chi connectivity index (χ0n) is 15.5. The Balaban J connectivity index is 1.42. The first-order valence-electron chi connectivity index (χ1n) is 9.13. The van der Waals surface area contributed by atoms with Crippen LogP contribution < -0.4 is 14.9 Å². The van der Waals surface area contributed by atoms with E-state index in [1.807, 2.05) is 30.3 Å². The van der Waals surface area contributed by atoms with E-state index in [9.17, 15) is 13.2 Å². The second-order valence-electron chi connectivity index (χ2n) is 6.62. The summed E-state index contributed by atoms with van der Waals surface area (Å²) in [5.41, 5.74) is 2.73. The van der Waals surface area contributed by atoms with Crippen LogP contribution in [0.1, 0.15) is 11.1 Å². The van der Waals surface area contributed by atoms with Crippen molar-refractivity contribution in [2.75, 3.05) is 22.7 Å². The fraction of sp³-hybridized carbons (Fsp3) is 0.200. The van der Waals surface area contributed by atoms with Gasteiger partial charge in [-0.25, -0.2) is 13.4 Å². The maximum atomic E-state index is 12.6. The summed E-state index contributed by atoms with van der Waals surface area (Å²) in [5, 5.41) is 5.20. The van der Waals surface area contributed by atoms with Crippen LogP contribution in [0.4, 0.5) is 10.8 Å². The topological polar surface area (TPSA) is 91.4 Å². The molecule has 150 valence electrons. The number of sulfonamides is 1. The van der Waals surface area contributed by atoms with Gasteiger partial charge in [-0.15, -0.1) is 11.3 Å². The van der Waals surface area contributed by atoms with Gasteiger partial charge in [0, 0.05) is 30.4 Å². The molecule has 9 heteroatoms. The monoisotopic (exact) mass is 428 g/mol. The number of rotatable bonds is 7. The average molecular weight is 429 g/mol. The Morgan fingerprint density at radius 2 is 2.00 bits per heavy atom. The second-order valence-corrected chi connectivity index (χ2v) is 9.19. The SMILES string of the molecule is O=C(CNCc1ccccc1)N1CCc2cc(S(=O)(=O)Nc3nccs3)ccc21. The van der Waals surface area contributed by atoms with Crippen molar-refractivity contribution >= 4 is 38.1 Å². The summed E-state index contributed by atoms with van der Waals surface area (Å²) in [5.74, 6) is -0.0313. The summed E-state index contributed by atoms with van der Waals surface area (Å²) in [6.07, 6.45) is 2.17. The molecule has 3 aromatic rings.